The largest absolute Gasteiger partial charge is 0.313 e. The van der Waals surface area contributed by atoms with E-state index in [4.69, 9.17) is 11.5 Å². The van der Waals surface area contributed by atoms with Crippen LogP contribution in [0.3, 0.4) is 0 Å². The summed E-state index contributed by atoms with van der Waals surface area (Å²) in [5.41, 5.74) is 11.9. The highest BCUT2D eigenvalue weighted by Gasteiger charge is 2.54. The van der Waals surface area contributed by atoms with Crippen LogP contribution in [0.4, 0.5) is 0 Å². The van der Waals surface area contributed by atoms with Gasteiger partial charge in [0.25, 0.3) is 0 Å². The maximum absolute atomic E-state index is 5.98. The van der Waals surface area contributed by atoms with E-state index in [-0.39, 0.29) is 11.1 Å². The van der Waals surface area contributed by atoms with Crippen molar-refractivity contribution in [1.82, 2.24) is 0 Å². The minimum atomic E-state index is -0.351. The Morgan fingerprint density at radius 1 is 1.30 bits per heavy atom. The number of hydrogen-bond acceptors (Lipinski definition) is 2. The van der Waals surface area contributed by atoms with E-state index in [1.165, 1.54) is 19.3 Å². The Morgan fingerprint density at radius 3 is 2.20 bits per heavy atom. The smallest absolute Gasteiger partial charge is 0.0694 e. The van der Waals surface area contributed by atoms with Gasteiger partial charge in [0.15, 0.2) is 0 Å². The van der Waals surface area contributed by atoms with E-state index in [9.17, 15) is 0 Å². The summed E-state index contributed by atoms with van der Waals surface area (Å²) in [5, 5.41) is 0. The van der Waals surface area contributed by atoms with Crippen molar-refractivity contribution in [2.45, 2.75) is 38.3 Å². The Bertz CT molecular complexity index is 163. The Balaban J connectivity index is 2.31. The molecular weight excluding hydrogens is 124 g/mol. The first-order valence-electron chi connectivity index (χ1n) is 4.11. The van der Waals surface area contributed by atoms with Crippen LogP contribution >= 0.6 is 0 Å². The number of fused-ring (bicyclic) bond motifs is 2. The summed E-state index contributed by atoms with van der Waals surface area (Å²) in [4.78, 5) is 0. The quantitative estimate of drug-likeness (QED) is 0.489. The molecule has 0 spiro atoms. The van der Waals surface area contributed by atoms with E-state index in [1.54, 1.807) is 0 Å². The molecule has 2 saturated carbocycles. The zero-order valence-electron chi connectivity index (χ0n) is 6.56. The first kappa shape index (κ1) is 6.62. The predicted molar refractivity (Wildman–Crippen MR) is 41.2 cm³/mol. The van der Waals surface area contributed by atoms with Crippen molar-refractivity contribution in [2.24, 2.45) is 22.8 Å². The summed E-state index contributed by atoms with van der Waals surface area (Å²) < 4.78 is 0. The molecule has 0 aliphatic heterocycles. The molecule has 0 saturated heterocycles. The highest BCUT2D eigenvalue weighted by Crippen LogP contribution is 2.56. The third kappa shape index (κ3) is 0.611. The molecule has 2 unspecified atom stereocenters. The van der Waals surface area contributed by atoms with E-state index < -0.39 is 0 Å². The van der Waals surface area contributed by atoms with E-state index in [2.05, 4.69) is 6.92 Å². The van der Waals surface area contributed by atoms with Gasteiger partial charge in [-0.15, -0.1) is 0 Å². The molecule has 2 heteroatoms. The van der Waals surface area contributed by atoms with Gasteiger partial charge in [0.1, 0.15) is 0 Å². The second-order valence-corrected chi connectivity index (χ2v) is 4.41. The van der Waals surface area contributed by atoms with Crippen LogP contribution in [0.15, 0.2) is 0 Å². The standard InChI is InChI=1S/C8H16N2/c1-7-3-2-6(4-7)5-8(7,9)10/h6H,2-5,9-10H2,1H3. The van der Waals surface area contributed by atoms with Crippen LogP contribution in [0.1, 0.15) is 32.6 Å². The van der Waals surface area contributed by atoms with Gasteiger partial charge in [-0.1, -0.05) is 6.92 Å². The summed E-state index contributed by atoms with van der Waals surface area (Å²) in [7, 11) is 0. The molecule has 2 aliphatic carbocycles. The van der Waals surface area contributed by atoms with Crippen LogP contribution in [-0.2, 0) is 0 Å². The number of hydrogen-bond donors (Lipinski definition) is 2. The van der Waals surface area contributed by atoms with E-state index in [1.807, 2.05) is 0 Å². The Morgan fingerprint density at radius 2 is 2.00 bits per heavy atom. The van der Waals surface area contributed by atoms with Crippen LogP contribution in [0, 0.1) is 11.3 Å². The van der Waals surface area contributed by atoms with E-state index in [0.717, 1.165) is 12.3 Å². The second kappa shape index (κ2) is 1.56. The predicted octanol–water partition coefficient (Wildman–Crippen LogP) is 0.810. The van der Waals surface area contributed by atoms with Crippen molar-refractivity contribution in [3.8, 4) is 0 Å². The molecule has 2 aliphatic rings. The van der Waals surface area contributed by atoms with Gasteiger partial charge in [-0.2, -0.15) is 0 Å². The minimum Gasteiger partial charge on any atom is -0.313 e. The summed E-state index contributed by atoms with van der Waals surface area (Å²) in [6.45, 7) is 2.24. The summed E-state index contributed by atoms with van der Waals surface area (Å²) in [6.07, 6.45) is 4.90. The fourth-order valence-corrected chi connectivity index (χ4v) is 2.69. The third-order valence-electron chi connectivity index (χ3n) is 3.59. The van der Waals surface area contributed by atoms with Crippen molar-refractivity contribution in [2.75, 3.05) is 0 Å². The number of rotatable bonds is 0. The molecular formula is C8H16N2. The molecule has 0 aromatic rings. The van der Waals surface area contributed by atoms with Crippen molar-refractivity contribution in [1.29, 1.82) is 0 Å². The topological polar surface area (TPSA) is 52.0 Å². The molecule has 2 bridgehead atoms. The fraction of sp³-hybridized carbons (Fsp3) is 1.00. The summed E-state index contributed by atoms with van der Waals surface area (Å²) >= 11 is 0. The molecule has 0 radical (unpaired) electrons. The lowest BCUT2D eigenvalue weighted by Crippen LogP contribution is -2.58. The normalized spacial score (nSPS) is 50.1. The van der Waals surface area contributed by atoms with E-state index in [0.29, 0.717) is 0 Å². The van der Waals surface area contributed by atoms with Crippen molar-refractivity contribution in [3.63, 3.8) is 0 Å². The molecule has 10 heavy (non-hydrogen) atoms. The fourth-order valence-electron chi connectivity index (χ4n) is 2.69. The van der Waals surface area contributed by atoms with Gasteiger partial charge in [-0.3, -0.25) is 0 Å². The van der Waals surface area contributed by atoms with Crippen LogP contribution in [-0.4, -0.2) is 5.66 Å². The third-order valence-corrected chi connectivity index (χ3v) is 3.59. The van der Waals surface area contributed by atoms with Crippen molar-refractivity contribution >= 4 is 0 Å². The molecule has 0 aromatic carbocycles. The Labute approximate surface area is 62.0 Å². The lowest BCUT2D eigenvalue weighted by Gasteiger charge is -2.38. The first-order chi connectivity index (χ1) is 4.54. The highest BCUT2D eigenvalue weighted by atomic mass is 15.0. The van der Waals surface area contributed by atoms with Gasteiger partial charge in [0, 0.05) is 0 Å². The zero-order valence-corrected chi connectivity index (χ0v) is 6.56. The van der Waals surface area contributed by atoms with Gasteiger partial charge in [-0.25, -0.2) is 0 Å². The molecule has 0 heterocycles. The molecule has 2 nitrogen and oxygen atoms in total. The van der Waals surface area contributed by atoms with Gasteiger partial charge in [-0.05, 0) is 37.0 Å². The molecule has 58 valence electrons. The second-order valence-electron chi connectivity index (χ2n) is 4.41. The van der Waals surface area contributed by atoms with Crippen LogP contribution in [0.2, 0.25) is 0 Å². The molecule has 2 fully saturated rings. The van der Waals surface area contributed by atoms with Crippen molar-refractivity contribution in [3.05, 3.63) is 0 Å². The van der Waals surface area contributed by atoms with Crippen molar-refractivity contribution < 1.29 is 0 Å². The summed E-state index contributed by atoms with van der Waals surface area (Å²) in [6, 6.07) is 0. The van der Waals surface area contributed by atoms with Gasteiger partial charge < -0.3 is 11.5 Å². The van der Waals surface area contributed by atoms with Gasteiger partial charge in [0.2, 0.25) is 0 Å². The zero-order chi connectivity index (χ0) is 7.41. The molecule has 0 amide bonds. The lowest BCUT2D eigenvalue weighted by atomic mass is 9.77. The monoisotopic (exact) mass is 140 g/mol. The summed E-state index contributed by atoms with van der Waals surface area (Å²) in [5.74, 6) is 0.833. The maximum Gasteiger partial charge on any atom is 0.0694 e. The molecule has 2 atom stereocenters. The van der Waals surface area contributed by atoms with Crippen LogP contribution in [0.25, 0.3) is 0 Å². The minimum absolute atomic E-state index is 0.262. The van der Waals surface area contributed by atoms with E-state index >= 15 is 0 Å². The maximum atomic E-state index is 5.98. The van der Waals surface area contributed by atoms with Crippen LogP contribution in [0.5, 0.6) is 0 Å². The molecule has 0 aromatic heterocycles. The van der Waals surface area contributed by atoms with Gasteiger partial charge in [0.05, 0.1) is 5.66 Å². The number of nitrogens with two attached hydrogens (primary N) is 2. The SMILES string of the molecule is CC12CCC(CC1(N)N)C2. The molecule has 4 N–H and O–H groups in total. The Hall–Kier alpha value is -0.0800. The first-order valence-corrected chi connectivity index (χ1v) is 4.11. The average Bonchev–Trinajstić information content (AvgIpc) is 2.18. The highest BCUT2D eigenvalue weighted by molar-refractivity contribution is 5.08. The average molecular weight is 140 g/mol. The molecule has 2 rings (SSSR count). The van der Waals surface area contributed by atoms with Gasteiger partial charge >= 0.3 is 0 Å². The lowest BCUT2D eigenvalue weighted by molar-refractivity contribution is 0.170. The Kier molecular flexibility index (Phi) is 1.03. The van der Waals surface area contributed by atoms with Crippen LogP contribution < -0.4 is 11.5 Å².